The van der Waals surface area contributed by atoms with Gasteiger partial charge in [-0.05, 0) is 49.9 Å². The third-order valence-corrected chi connectivity index (χ3v) is 4.91. The molecule has 1 saturated heterocycles. The monoisotopic (exact) mass is 314 g/mol. The molecule has 1 aromatic heterocycles. The Kier molecular flexibility index (Phi) is 3.59. The number of hydrogen-bond donors (Lipinski definition) is 1. The molecule has 2 aromatic rings. The molecule has 6 heteroatoms. The number of amides is 1. The van der Waals surface area contributed by atoms with Crippen molar-refractivity contribution in [1.82, 2.24) is 20.1 Å². The van der Waals surface area contributed by atoms with Crippen LogP contribution < -0.4 is 0 Å². The van der Waals surface area contributed by atoms with Crippen molar-refractivity contribution in [3.8, 4) is 11.4 Å². The van der Waals surface area contributed by atoms with Crippen molar-refractivity contribution in [1.29, 1.82) is 0 Å². The summed E-state index contributed by atoms with van der Waals surface area (Å²) in [4.78, 5) is 19.0. The van der Waals surface area contributed by atoms with Gasteiger partial charge in [0.05, 0.1) is 6.04 Å². The van der Waals surface area contributed by atoms with Gasteiger partial charge >= 0.3 is 0 Å². The molecule has 2 fully saturated rings. The summed E-state index contributed by atoms with van der Waals surface area (Å²) >= 11 is 0. The first kappa shape index (κ1) is 14.4. The van der Waals surface area contributed by atoms with E-state index in [4.69, 9.17) is 0 Å². The van der Waals surface area contributed by atoms with Crippen molar-refractivity contribution >= 4 is 5.91 Å². The highest BCUT2D eigenvalue weighted by molar-refractivity contribution is 5.80. The first-order valence-corrected chi connectivity index (χ1v) is 8.21. The van der Waals surface area contributed by atoms with Crippen LogP contribution in [0.2, 0.25) is 0 Å². The van der Waals surface area contributed by atoms with Gasteiger partial charge in [-0.15, -0.1) is 0 Å². The summed E-state index contributed by atoms with van der Waals surface area (Å²) in [5.74, 6) is 1.46. The van der Waals surface area contributed by atoms with Crippen LogP contribution in [0.4, 0.5) is 4.39 Å². The number of carbonyl (C=O) groups is 1. The van der Waals surface area contributed by atoms with Crippen molar-refractivity contribution in [2.75, 3.05) is 6.54 Å². The number of halogens is 1. The number of rotatable bonds is 3. The molecule has 1 N–H and O–H groups in total. The van der Waals surface area contributed by atoms with E-state index in [9.17, 15) is 9.18 Å². The van der Waals surface area contributed by atoms with E-state index >= 15 is 0 Å². The second-order valence-corrected chi connectivity index (χ2v) is 6.37. The fourth-order valence-corrected chi connectivity index (χ4v) is 3.36. The average molecular weight is 314 g/mol. The van der Waals surface area contributed by atoms with Crippen LogP contribution in [0.25, 0.3) is 11.4 Å². The number of benzene rings is 1. The van der Waals surface area contributed by atoms with Crippen LogP contribution in [0, 0.1) is 11.7 Å². The van der Waals surface area contributed by atoms with Crippen LogP contribution in [-0.2, 0) is 4.79 Å². The minimum atomic E-state index is -0.280. The Balaban J connectivity index is 1.55. The minimum Gasteiger partial charge on any atom is -0.332 e. The second-order valence-electron chi connectivity index (χ2n) is 6.37. The number of carbonyl (C=O) groups excluding carboxylic acids is 1. The fourth-order valence-electron chi connectivity index (χ4n) is 3.36. The smallest absolute Gasteiger partial charge is 0.226 e. The third kappa shape index (κ3) is 2.62. The van der Waals surface area contributed by atoms with Crippen LogP contribution in [0.3, 0.4) is 0 Å². The molecule has 1 aromatic carbocycles. The summed E-state index contributed by atoms with van der Waals surface area (Å²) in [7, 11) is 0. The third-order valence-electron chi connectivity index (χ3n) is 4.91. The van der Waals surface area contributed by atoms with Crippen LogP contribution >= 0.6 is 0 Å². The average Bonchev–Trinajstić information content (AvgIpc) is 3.15. The minimum absolute atomic E-state index is 0.00945. The molecule has 1 atom stereocenters. The number of nitrogens with zero attached hydrogens (tertiary/aromatic N) is 3. The predicted octanol–water partition coefficient (Wildman–Crippen LogP) is 3.07. The lowest BCUT2D eigenvalue weighted by Gasteiger charge is -2.31. The number of nitrogens with one attached hydrogen (secondary N) is 1. The molecule has 2 heterocycles. The van der Waals surface area contributed by atoms with Crippen molar-refractivity contribution in [3.05, 3.63) is 35.9 Å². The lowest BCUT2D eigenvalue weighted by Crippen LogP contribution is -2.38. The summed E-state index contributed by atoms with van der Waals surface area (Å²) in [5, 5.41) is 7.21. The van der Waals surface area contributed by atoms with Crippen molar-refractivity contribution in [2.45, 2.75) is 38.1 Å². The Hall–Kier alpha value is -2.24. The Morgan fingerprint density at radius 1 is 1.17 bits per heavy atom. The van der Waals surface area contributed by atoms with E-state index in [0.717, 1.165) is 50.0 Å². The molecule has 5 nitrogen and oxygen atoms in total. The predicted molar refractivity (Wildman–Crippen MR) is 82.8 cm³/mol. The lowest BCUT2D eigenvalue weighted by molar-refractivity contribution is -0.139. The van der Waals surface area contributed by atoms with Gasteiger partial charge in [-0.2, -0.15) is 5.10 Å². The van der Waals surface area contributed by atoms with Gasteiger partial charge in [0.25, 0.3) is 0 Å². The van der Waals surface area contributed by atoms with E-state index in [0.29, 0.717) is 5.82 Å². The Morgan fingerprint density at radius 3 is 2.65 bits per heavy atom. The highest BCUT2D eigenvalue weighted by Gasteiger charge is 2.37. The Labute approximate surface area is 133 Å². The van der Waals surface area contributed by atoms with Crippen LogP contribution in [0.1, 0.15) is 44.0 Å². The molecule has 1 aliphatic carbocycles. The van der Waals surface area contributed by atoms with Crippen molar-refractivity contribution in [3.63, 3.8) is 0 Å². The molecule has 120 valence electrons. The Morgan fingerprint density at radius 2 is 1.96 bits per heavy atom. The molecule has 1 aliphatic heterocycles. The second kappa shape index (κ2) is 5.76. The molecule has 23 heavy (non-hydrogen) atoms. The molecule has 0 bridgehead atoms. The summed E-state index contributed by atoms with van der Waals surface area (Å²) in [6.45, 7) is 0.798. The summed E-state index contributed by atoms with van der Waals surface area (Å²) in [5.41, 5.74) is 0.767. The molecule has 2 aliphatic rings. The van der Waals surface area contributed by atoms with Gasteiger partial charge in [-0.3, -0.25) is 9.89 Å². The van der Waals surface area contributed by atoms with Crippen LogP contribution in [-0.4, -0.2) is 32.5 Å². The van der Waals surface area contributed by atoms with E-state index < -0.39 is 0 Å². The van der Waals surface area contributed by atoms with E-state index in [-0.39, 0.29) is 23.7 Å². The Bertz CT molecular complexity index is 708. The maximum atomic E-state index is 13.0. The molecule has 1 saturated carbocycles. The van der Waals surface area contributed by atoms with Gasteiger partial charge in [-0.25, -0.2) is 9.37 Å². The number of H-pyrrole nitrogens is 1. The van der Waals surface area contributed by atoms with Gasteiger partial charge in [0, 0.05) is 18.0 Å². The van der Waals surface area contributed by atoms with E-state index in [1.54, 1.807) is 12.1 Å². The maximum absolute atomic E-state index is 13.0. The number of likely N-dealkylation sites (tertiary alicyclic amines) is 1. The highest BCUT2D eigenvalue weighted by Crippen LogP contribution is 2.36. The first-order chi connectivity index (χ1) is 11.2. The number of aromatic amines is 1. The molecule has 0 unspecified atom stereocenters. The molecule has 1 amide bonds. The van der Waals surface area contributed by atoms with Gasteiger partial charge in [-0.1, -0.05) is 6.42 Å². The number of aromatic nitrogens is 3. The zero-order valence-corrected chi connectivity index (χ0v) is 12.8. The van der Waals surface area contributed by atoms with Crippen LogP contribution in [0.5, 0.6) is 0 Å². The lowest BCUT2D eigenvalue weighted by atomic mass is 9.84. The van der Waals surface area contributed by atoms with E-state index in [1.807, 2.05) is 4.90 Å². The standard InChI is InChI=1S/C17H19FN4O/c18-13-8-6-11(7-9-13)15-19-16(21-20-15)14-5-2-10-22(14)17(23)12-3-1-4-12/h6-9,12,14H,1-5,10H2,(H,19,20,21)/t14-/m0/s1. The first-order valence-electron chi connectivity index (χ1n) is 8.21. The maximum Gasteiger partial charge on any atom is 0.226 e. The van der Waals surface area contributed by atoms with Gasteiger partial charge < -0.3 is 4.90 Å². The zero-order chi connectivity index (χ0) is 15.8. The molecular weight excluding hydrogens is 295 g/mol. The van der Waals surface area contributed by atoms with Gasteiger partial charge in [0.2, 0.25) is 5.91 Å². The quantitative estimate of drug-likeness (QED) is 0.947. The van der Waals surface area contributed by atoms with E-state index in [2.05, 4.69) is 15.2 Å². The van der Waals surface area contributed by atoms with Crippen LogP contribution in [0.15, 0.2) is 24.3 Å². The van der Waals surface area contributed by atoms with Crippen molar-refractivity contribution in [2.24, 2.45) is 5.92 Å². The SMILES string of the molecule is O=C(C1CCC1)N1CCC[C@H]1c1nc(-c2ccc(F)cc2)n[nH]1. The molecule has 0 spiro atoms. The zero-order valence-electron chi connectivity index (χ0n) is 12.8. The fraction of sp³-hybridized carbons (Fsp3) is 0.471. The molecule has 4 rings (SSSR count). The topological polar surface area (TPSA) is 61.9 Å². The van der Waals surface area contributed by atoms with Gasteiger partial charge in [0.15, 0.2) is 5.82 Å². The highest BCUT2D eigenvalue weighted by atomic mass is 19.1. The molecular formula is C17H19FN4O. The summed E-state index contributed by atoms with van der Waals surface area (Å²) in [6.07, 6.45) is 5.09. The van der Waals surface area contributed by atoms with E-state index in [1.165, 1.54) is 12.1 Å². The largest absolute Gasteiger partial charge is 0.332 e. The summed E-state index contributed by atoms with van der Waals surface area (Å²) < 4.78 is 13.0. The normalized spacial score (nSPS) is 21.4. The molecule has 0 radical (unpaired) electrons. The number of hydrogen-bond acceptors (Lipinski definition) is 3. The van der Waals surface area contributed by atoms with Crippen molar-refractivity contribution < 1.29 is 9.18 Å². The summed E-state index contributed by atoms with van der Waals surface area (Å²) in [6, 6.07) is 6.10. The van der Waals surface area contributed by atoms with Gasteiger partial charge in [0.1, 0.15) is 11.6 Å².